The van der Waals surface area contributed by atoms with Crippen LogP contribution in [0.3, 0.4) is 0 Å². The highest BCUT2D eigenvalue weighted by molar-refractivity contribution is 7.89. The molecule has 8 heteroatoms. The van der Waals surface area contributed by atoms with Gasteiger partial charge in [-0.3, -0.25) is 4.79 Å². The Bertz CT molecular complexity index is 940. The molecule has 0 saturated heterocycles. The Morgan fingerprint density at radius 3 is 2.48 bits per heavy atom. The normalized spacial score (nSPS) is 13.9. The molecule has 1 aliphatic carbocycles. The molecule has 1 saturated carbocycles. The number of rotatable bonds is 10. The molecule has 2 aromatic carbocycles. The van der Waals surface area contributed by atoms with Crippen molar-refractivity contribution in [3.05, 3.63) is 59.7 Å². The lowest BCUT2D eigenvalue weighted by Crippen LogP contribution is -2.33. The molecule has 0 heterocycles. The van der Waals surface area contributed by atoms with Crippen LogP contribution in [0.5, 0.6) is 5.75 Å². The average molecular weight is 419 g/mol. The first-order valence-corrected chi connectivity index (χ1v) is 11.0. The predicted molar refractivity (Wildman–Crippen MR) is 109 cm³/mol. The van der Waals surface area contributed by atoms with Crippen LogP contribution < -0.4 is 9.46 Å². The van der Waals surface area contributed by atoms with Gasteiger partial charge in [0.1, 0.15) is 5.75 Å². The van der Waals surface area contributed by atoms with Gasteiger partial charge >= 0.3 is 0 Å². The lowest BCUT2D eigenvalue weighted by Gasteiger charge is -2.23. The fourth-order valence-corrected chi connectivity index (χ4v) is 4.06. The van der Waals surface area contributed by atoms with Crippen LogP contribution in [0.1, 0.15) is 28.8 Å². The monoisotopic (exact) mass is 418 g/mol. The van der Waals surface area contributed by atoms with E-state index >= 15 is 0 Å². The molecule has 0 spiro atoms. The van der Waals surface area contributed by atoms with Gasteiger partial charge in [-0.15, -0.1) is 0 Å². The quantitative estimate of drug-likeness (QED) is 0.599. The SMILES string of the molecule is COCCNS(=O)(=O)c1cccc(C(=O)N(Cc2ccc(OC)cc2)C2CC2)c1. The topological polar surface area (TPSA) is 84.9 Å². The van der Waals surface area contributed by atoms with Crippen LogP contribution in [0, 0.1) is 0 Å². The summed E-state index contributed by atoms with van der Waals surface area (Å²) in [5.41, 5.74) is 1.36. The van der Waals surface area contributed by atoms with Crippen molar-refractivity contribution in [1.29, 1.82) is 0 Å². The number of methoxy groups -OCH3 is 2. The fourth-order valence-electron chi connectivity index (χ4n) is 3.00. The summed E-state index contributed by atoms with van der Waals surface area (Å²) in [5.74, 6) is 0.592. The number of hydrogen-bond donors (Lipinski definition) is 1. The Balaban J connectivity index is 1.78. The second kappa shape index (κ2) is 9.39. The highest BCUT2D eigenvalue weighted by Gasteiger charge is 2.33. The van der Waals surface area contributed by atoms with Crippen molar-refractivity contribution in [1.82, 2.24) is 9.62 Å². The summed E-state index contributed by atoms with van der Waals surface area (Å²) in [7, 11) is -0.586. The highest BCUT2D eigenvalue weighted by atomic mass is 32.2. The number of ether oxygens (including phenoxy) is 2. The van der Waals surface area contributed by atoms with Gasteiger partial charge in [0.25, 0.3) is 5.91 Å². The third-order valence-electron chi connectivity index (χ3n) is 4.75. The van der Waals surface area contributed by atoms with Crippen LogP contribution in [-0.2, 0) is 21.3 Å². The van der Waals surface area contributed by atoms with Crippen LogP contribution in [0.2, 0.25) is 0 Å². The first kappa shape index (κ1) is 21.3. The third-order valence-corrected chi connectivity index (χ3v) is 6.21. The van der Waals surface area contributed by atoms with E-state index in [1.54, 1.807) is 19.2 Å². The zero-order valence-corrected chi connectivity index (χ0v) is 17.4. The first-order valence-electron chi connectivity index (χ1n) is 9.47. The van der Waals surface area contributed by atoms with Crippen molar-refractivity contribution in [3.8, 4) is 5.75 Å². The van der Waals surface area contributed by atoms with Crippen LogP contribution in [0.4, 0.5) is 0 Å². The van der Waals surface area contributed by atoms with Crippen molar-refractivity contribution in [2.24, 2.45) is 0 Å². The van der Waals surface area contributed by atoms with Gasteiger partial charge in [-0.1, -0.05) is 18.2 Å². The van der Waals surface area contributed by atoms with Crippen LogP contribution in [0.25, 0.3) is 0 Å². The Morgan fingerprint density at radius 2 is 1.86 bits per heavy atom. The second-order valence-corrected chi connectivity index (χ2v) is 8.70. The highest BCUT2D eigenvalue weighted by Crippen LogP contribution is 2.30. The van der Waals surface area contributed by atoms with E-state index in [2.05, 4.69) is 4.72 Å². The molecule has 156 valence electrons. The second-order valence-electron chi connectivity index (χ2n) is 6.93. The molecular formula is C21H26N2O5S. The number of amides is 1. The maximum absolute atomic E-state index is 13.2. The molecular weight excluding hydrogens is 392 g/mol. The lowest BCUT2D eigenvalue weighted by atomic mass is 10.1. The van der Waals surface area contributed by atoms with Gasteiger partial charge in [0.2, 0.25) is 10.0 Å². The Kier molecular flexibility index (Phi) is 6.89. The Hall–Kier alpha value is -2.42. The summed E-state index contributed by atoms with van der Waals surface area (Å²) in [4.78, 5) is 15.0. The van der Waals surface area contributed by atoms with Gasteiger partial charge in [-0.25, -0.2) is 13.1 Å². The standard InChI is InChI=1S/C21H26N2O5S/c1-27-13-12-22-29(25,26)20-5-3-4-17(14-20)21(24)23(18-8-9-18)15-16-6-10-19(28-2)11-7-16/h3-7,10-11,14,18,22H,8-9,12-13,15H2,1-2H3. The lowest BCUT2D eigenvalue weighted by molar-refractivity contribution is 0.0729. The summed E-state index contributed by atoms with van der Waals surface area (Å²) < 4.78 is 37.4. The number of hydrogen-bond acceptors (Lipinski definition) is 5. The molecule has 2 aromatic rings. The predicted octanol–water partition coefficient (Wildman–Crippen LogP) is 2.42. The van der Waals surface area contributed by atoms with Crippen LogP contribution >= 0.6 is 0 Å². The third kappa shape index (κ3) is 5.56. The molecule has 0 aromatic heterocycles. The van der Waals surface area contributed by atoms with Gasteiger partial charge < -0.3 is 14.4 Å². The molecule has 0 unspecified atom stereocenters. The molecule has 29 heavy (non-hydrogen) atoms. The number of carbonyl (C=O) groups is 1. The Morgan fingerprint density at radius 1 is 1.14 bits per heavy atom. The van der Waals surface area contributed by atoms with E-state index in [1.165, 1.54) is 19.2 Å². The van der Waals surface area contributed by atoms with Crippen molar-refractivity contribution in [3.63, 3.8) is 0 Å². The number of benzene rings is 2. The van der Waals surface area contributed by atoms with E-state index in [0.717, 1.165) is 24.2 Å². The number of carbonyl (C=O) groups excluding carboxylic acids is 1. The van der Waals surface area contributed by atoms with Crippen molar-refractivity contribution in [2.45, 2.75) is 30.3 Å². The van der Waals surface area contributed by atoms with E-state index < -0.39 is 10.0 Å². The van der Waals surface area contributed by atoms with E-state index in [0.29, 0.717) is 12.1 Å². The van der Waals surface area contributed by atoms with E-state index in [4.69, 9.17) is 9.47 Å². The molecule has 1 N–H and O–H groups in total. The van der Waals surface area contributed by atoms with Crippen molar-refractivity contribution < 1.29 is 22.7 Å². The molecule has 3 rings (SSSR count). The molecule has 1 fully saturated rings. The summed E-state index contributed by atoms with van der Waals surface area (Å²) in [6.45, 7) is 0.911. The zero-order valence-electron chi connectivity index (χ0n) is 16.6. The maximum atomic E-state index is 13.2. The number of nitrogens with zero attached hydrogens (tertiary/aromatic N) is 1. The molecule has 0 atom stereocenters. The van der Waals surface area contributed by atoms with E-state index in [9.17, 15) is 13.2 Å². The van der Waals surface area contributed by atoms with E-state index in [1.807, 2.05) is 29.2 Å². The molecule has 0 radical (unpaired) electrons. The average Bonchev–Trinajstić information content (AvgIpc) is 3.57. The zero-order chi connectivity index (χ0) is 20.9. The van der Waals surface area contributed by atoms with Crippen LogP contribution in [-0.4, -0.2) is 52.6 Å². The molecule has 0 bridgehead atoms. The van der Waals surface area contributed by atoms with Crippen LogP contribution in [0.15, 0.2) is 53.4 Å². The number of nitrogens with one attached hydrogen (secondary N) is 1. The van der Waals surface area contributed by atoms with Gasteiger partial charge in [0.05, 0.1) is 18.6 Å². The molecule has 1 aliphatic rings. The number of sulfonamides is 1. The summed E-state index contributed by atoms with van der Waals surface area (Å²) >= 11 is 0. The first-order chi connectivity index (χ1) is 13.9. The van der Waals surface area contributed by atoms with Crippen molar-refractivity contribution >= 4 is 15.9 Å². The minimum absolute atomic E-state index is 0.0691. The van der Waals surface area contributed by atoms with E-state index in [-0.39, 0.29) is 30.0 Å². The minimum Gasteiger partial charge on any atom is -0.497 e. The van der Waals surface area contributed by atoms with Gasteiger partial charge in [-0.2, -0.15) is 0 Å². The molecule has 7 nitrogen and oxygen atoms in total. The molecule has 0 aliphatic heterocycles. The van der Waals surface area contributed by atoms with Gasteiger partial charge in [0.15, 0.2) is 0 Å². The largest absolute Gasteiger partial charge is 0.497 e. The Labute approximate surface area is 171 Å². The van der Waals surface area contributed by atoms with Gasteiger partial charge in [0, 0.05) is 31.8 Å². The summed E-state index contributed by atoms with van der Waals surface area (Å²) in [6, 6.07) is 13.9. The van der Waals surface area contributed by atoms with Crippen molar-refractivity contribution in [2.75, 3.05) is 27.4 Å². The van der Waals surface area contributed by atoms with Gasteiger partial charge in [-0.05, 0) is 48.7 Å². The fraction of sp³-hybridized carbons (Fsp3) is 0.381. The summed E-state index contributed by atoms with van der Waals surface area (Å²) in [6.07, 6.45) is 1.91. The maximum Gasteiger partial charge on any atom is 0.254 e. The minimum atomic E-state index is -3.70. The smallest absolute Gasteiger partial charge is 0.254 e. The summed E-state index contributed by atoms with van der Waals surface area (Å²) in [5, 5.41) is 0. The molecule has 1 amide bonds.